The summed E-state index contributed by atoms with van der Waals surface area (Å²) in [5, 5.41) is 9.73. The first-order chi connectivity index (χ1) is 7.24. The summed E-state index contributed by atoms with van der Waals surface area (Å²) in [6, 6.07) is 9.39. The van der Waals surface area contributed by atoms with Crippen molar-refractivity contribution in [2.75, 3.05) is 18.6 Å². The molecule has 1 aromatic carbocycles. The molecule has 1 rings (SSSR count). The first-order valence-electron chi connectivity index (χ1n) is 4.61. The summed E-state index contributed by atoms with van der Waals surface area (Å²) in [5.41, 5.74) is 0.870. The number of aliphatic hydroxyl groups excluding tert-OH is 1. The van der Waals surface area contributed by atoms with Gasteiger partial charge in [-0.1, -0.05) is 30.3 Å². The lowest BCUT2D eigenvalue weighted by Crippen LogP contribution is -2.07. The predicted molar refractivity (Wildman–Crippen MR) is 60.7 cm³/mol. The number of hydrogen-bond donors (Lipinski definition) is 1. The zero-order valence-electron chi connectivity index (χ0n) is 8.55. The number of carbonyl (C=O) groups excluding carboxylic acids is 1. The normalized spacial score (nSPS) is 12.1. The molecule has 0 aliphatic rings. The number of rotatable bonds is 5. The van der Waals surface area contributed by atoms with Crippen molar-refractivity contribution in [1.29, 1.82) is 0 Å². The highest BCUT2D eigenvalue weighted by Gasteiger charge is 2.08. The van der Waals surface area contributed by atoms with Crippen LogP contribution in [0.15, 0.2) is 30.3 Å². The van der Waals surface area contributed by atoms with E-state index in [4.69, 9.17) is 0 Å². The second-order valence-electron chi connectivity index (χ2n) is 3.02. The summed E-state index contributed by atoms with van der Waals surface area (Å²) in [7, 11) is 1.36. The SMILES string of the molecule is COC(=O)CSCC(O)c1ccccc1. The van der Waals surface area contributed by atoms with Crippen LogP contribution < -0.4 is 0 Å². The van der Waals surface area contributed by atoms with Crippen LogP contribution in [0.25, 0.3) is 0 Å². The van der Waals surface area contributed by atoms with Crippen LogP contribution in [0.4, 0.5) is 0 Å². The highest BCUT2D eigenvalue weighted by Crippen LogP contribution is 2.17. The summed E-state index contributed by atoms with van der Waals surface area (Å²) in [5.74, 6) is 0.514. The highest BCUT2D eigenvalue weighted by molar-refractivity contribution is 7.99. The van der Waals surface area contributed by atoms with Gasteiger partial charge in [0.05, 0.1) is 19.0 Å². The number of thioether (sulfide) groups is 1. The van der Waals surface area contributed by atoms with E-state index in [0.717, 1.165) is 5.56 Å². The fraction of sp³-hybridized carbons (Fsp3) is 0.364. The van der Waals surface area contributed by atoms with Crippen LogP contribution in [-0.4, -0.2) is 29.7 Å². The number of ether oxygens (including phenoxy) is 1. The zero-order chi connectivity index (χ0) is 11.1. The molecule has 0 fully saturated rings. The Balaban J connectivity index is 2.31. The van der Waals surface area contributed by atoms with E-state index in [0.29, 0.717) is 5.75 Å². The Kier molecular flexibility index (Phi) is 5.21. The number of benzene rings is 1. The Hall–Kier alpha value is -1.00. The molecule has 1 unspecified atom stereocenters. The largest absolute Gasteiger partial charge is 0.468 e. The van der Waals surface area contributed by atoms with Crippen molar-refractivity contribution in [2.24, 2.45) is 0 Å². The molecule has 0 saturated carbocycles. The first-order valence-corrected chi connectivity index (χ1v) is 5.77. The minimum absolute atomic E-state index is 0.264. The molecule has 0 amide bonds. The fourth-order valence-electron chi connectivity index (χ4n) is 1.08. The number of hydrogen-bond acceptors (Lipinski definition) is 4. The van der Waals surface area contributed by atoms with Gasteiger partial charge in [0.25, 0.3) is 0 Å². The molecule has 4 heteroatoms. The van der Waals surface area contributed by atoms with Gasteiger partial charge in [-0.15, -0.1) is 11.8 Å². The van der Waals surface area contributed by atoms with Crippen molar-refractivity contribution in [3.05, 3.63) is 35.9 Å². The van der Waals surface area contributed by atoms with Crippen molar-refractivity contribution < 1.29 is 14.6 Å². The topological polar surface area (TPSA) is 46.5 Å². The second kappa shape index (κ2) is 6.48. The van der Waals surface area contributed by atoms with Gasteiger partial charge in [0.1, 0.15) is 0 Å². The minimum Gasteiger partial charge on any atom is -0.468 e. The highest BCUT2D eigenvalue weighted by atomic mass is 32.2. The van der Waals surface area contributed by atoms with Gasteiger partial charge < -0.3 is 9.84 Å². The van der Waals surface area contributed by atoms with Crippen LogP contribution in [0.1, 0.15) is 11.7 Å². The molecule has 0 saturated heterocycles. The van der Waals surface area contributed by atoms with E-state index in [2.05, 4.69) is 4.74 Å². The quantitative estimate of drug-likeness (QED) is 0.775. The van der Waals surface area contributed by atoms with Gasteiger partial charge in [0.2, 0.25) is 0 Å². The van der Waals surface area contributed by atoms with Gasteiger partial charge in [-0.3, -0.25) is 4.79 Å². The van der Waals surface area contributed by atoms with Crippen LogP contribution in [-0.2, 0) is 9.53 Å². The van der Waals surface area contributed by atoms with E-state index in [1.807, 2.05) is 30.3 Å². The average Bonchev–Trinajstić information content (AvgIpc) is 2.29. The third-order valence-electron chi connectivity index (χ3n) is 1.91. The molecule has 0 bridgehead atoms. The number of methoxy groups -OCH3 is 1. The van der Waals surface area contributed by atoms with E-state index in [-0.39, 0.29) is 11.7 Å². The molecule has 0 aromatic heterocycles. The van der Waals surface area contributed by atoms with E-state index < -0.39 is 6.10 Å². The van der Waals surface area contributed by atoms with Crippen molar-refractivity contribution >= 4 is 17.7 Å². The first kappa shape index (κ1) is 12.1. The molecule has 1 atom stereocenters. The van der Waals surface area contributed by atoms with Crippen molar-refractivity contribution in [2.45, 2.75) is 6.10 Å². The van der Waals surface area contributed by atoms with Gasteiger partial charge >= 0.3 is 5.97 Å². The third kappa shape index (κ3) is 4.36. The van der Waals surface area contributed by atoms with E-state index in [1.165, 1.54) is 18.9 Å². The maximum absolute atomic E-state index is 10.8. The maximum atomic E-state index is 10.8. The Morgan fingerprint density at radius 1 is 1.47 bits per heavy atom. The van der Waals surface area contributed by atoms with Crippen LogP contribution in [0.2, 0.25) is 0 Å². The summed E-state index contributed by atoms with van der Waals surface area (Å²) in [6.07, 6.45) is -0.527. The number of carbonyl (C=O) groups is 1. The van der Waals surface area contributed by atoms with Crippen molar-refractivity contribution in [3.8, 4) is 0 Å². The summed E-state index contributed by atoms with van der Waals surface area (Å²) in [6.45, 7) is 0. The lowest BCUT2D eigenvalue weighted by molar-refractivity contribution is -0.137. The summed E-state index contributed by atoms with van der Waals surface area (Å²) >= 11 is 1.36. The summed E-state index contributed by atoms with van der Waals surface area (Å²) < 4.78 is 4.50. The number of esters is 1. The van der Waals surface area contributed by atoms with Gasteiger partial charge in [-0.05, 0) is 5.56 Å². The van der Waals surface area contributed by atoms with Crippen LogP contribution in [0.5, 0.6) is 0 Å². The van der Waals surface area contributed by atoms with Gasteiger partial charge in [-0.2, -0.15) is 0 Å². The van der Waals surface area contributed by atoms with Crippen LogP contribution in [0.3, 0.4) is 0 Å². The lowest BCUT2D eigenvalue weighted by Gasteiger charge is -2.09. The molecule has 0 heterocycles. The van der Waals surface area contributed by atoms with Gasteiger partial charge in [0.15, 0.2) is 0 Å². The van der Waals surface area contributed by atoms with E-state index in [9.17, 15) is 9.90 Å². The molecule has 1 aromatic rings. The molecular weight excluding hydrogens is 212 g/mol. The molecule has 0 aliphatic heterocycles. The Morgan fingerprint density at radius 3 is 2.73 bits per heavy atom. The Morgan fingerprint density at radius 2 is 2.13 bits per heavy atom. The van der Waals surface area contributed by atoms with Crippen molar-refractivity contribution in [1.82, 2.24) is 0 Å². The molecular formula is C11H14O3S. The lowest BCUT2D eigenvalue weighted by atomic mass is 10.1. The second-order valence-corrected chi connectivity index (χ2v) is 4.05. The molecule has 0 radical (unpaired) electrons. The van der Waals surface area contributed by atoms with E-state index >= 15 is 0 Å². The molecule has 15 heavy (non-hydrogen) atoms. The monoisotopic (exact) mass is 226 g/mol. The molecule has 0 spiro atoms. The van der Waals surface area contributed by atoms with Crippen LogP contribution in [0, 0.1) is 0 Å². The van der Waals surface area contributed by atoms with Gasteiger partial charge in [0, 0.05) is 5.75 Å². The van der Waals surface area contributed by atoms with Crippen LogP contribution >= 0.6 is 11.8 Å². The molecule has 1 N–H and O–H groups in total. The Labute approximate surface area is 93.4 Å². The third-order valence-corrected chi connectivity index (χ3v) is 2.90. The molecule has 82 valence electrons. The zero-order valence-corrected chi connectivity index (χ0v) is 9.37. The maximum Gasteiger partial charge on any atom is 0.315 e. The number of aliphatic hydroxyl groups is 1. The summed E-state index contributed by atoms with van der Waals surface area (Å²) in [4.78, 5) is 10.8. The standard InChI is InChI=1S/C11H14O3S/c1-14-11(13)8-15-7-10(12)9-5-3-2-4-6-9/h2-6,10,12H,7-8H2,1H3. The Bertz CT molecular complexity index is 300. The fourth-order valence-corrected chi connectivity index (χ4v) is 1.90. The average molecular weight is 226 g/mol. The van der Waals surface area contributed by atoms with Gasteiger partial charge in [-0.25, -0.2) is 0 Å². The minimum atomic E-state index is -0.527. The van der Waals surface area contributed by atoms with E-state index in [1.54, 1.807) is 0 Å². The van der Waals surface area contributed by atoms with Crippen molar-refractivity contribution in [3.63, 3.8) is 0 Å². The molecule has 0 aliphatic carbocycles. The smallest absolute Gasteiger partial charge is 0.315 e. The molecule has 3 nitrogen and oxygen atoms in total. The predicted octanol–water partition coefficient (Wildman–Crippen LogP) is 1.63.